The number of nitrogens with one attached hydrogen (secondary N) is 2. The second-order valence-corrected chi connectivity index (χ2v) is 4.77. The van der Waals surface area contributed by atoms with Gasteiger partial charge in [-0.25, -0.2) is 4.98 Å². The van der Waals surface area contributed by atoms with Crippen LogP contribution in [-0.2, 0) is 14.3 Å². The number of nitrogens with zero attached hydrogens (tertiary/aromatic N) is 2. The number of aromatic nitrogens is 1. The number of ether oxygens (including phenoxy) is 1. The minimum absolute atomic E-state index is 0.276. The van der Waals surface area contributed by atoms with Gasteiger partial charge in [-0.05, 0) is 12.1 Å². The summed E-state index contributed by atoms with van der Waals surface area (Å²) < 4.78 is 5.32. The van der Waals surface area contributed by atoms with Gasteiger partial charge in [-0.3, -0.25) is 9.59 Å². The Morgan fingerprint density at radius 1 is 1.33 bits per heavy atom. The van der Waals surface area contributed by atoms with Gasteiger partial charge in [0, 0.05) is 27.1 Å². The first-order valence-corrected chi connectivity index (χ1v) is 6.90. The zero-order valence-electron chi connectivity index (χ0n) is 12.3. The van der Waals surface area contributed by atoms with E-state index in [-0.39, 0.29) is 11.8 Å². The molecule has 0 bridgehead atoms. The van der Waals surface area contributed by atoms with Crippen molar-refractivity contribution in [2.45, 2.75) is 13.0 Å². The molecule has 1 fully saturated rings. The van der Waals surface area contributed by atoms with Gasteiger partial charge in [-0.2, -0.15) is 0 Å². The van der Waals surface area contributed by atoms with Crippen LogP contribution in [0.4, 0.5) is 5.82 Å². The quantitative estimate of drug-likeness (QED) is 0.806. The molecule has 21 heavy (non-hydrogen) atoms. The fourth-order valence-electron chi connectivity index (χ4n) is 2.19. The Kier molecular flexibility index (Phi) is 5.10. The smallest absolute Gasteiger partial charge is 0.248 e. The van der Waals surface area contributed by atoms with Crippen molar-refractivity contribution in [2.75, 3.05) is 38.3 Å². The average Bonchev–Trinajstić information content (AvgIpc) is 2.52. The number of hydrogen-bond donors (Lipinski definition) is 2. The van der Waals surface area contributed by atoms with Crippen molar-refractivity contribution in [3.05, 3.63) is 23.9 Å². The molecule has 2 heterocycles. The number of carbonyl (C=O) groups is 2. The van der Waals surface area contributed by atoms with Crippen molar-refractivity contribution in [3.63, 3.8) is 0 Å². The third-order valence-corrected chi connectivity index (χ3v) is 3.24. The highest BCUT2D eigenvalue weighted by Gasteiger charge is 2.23. The molecule has 2 amide bonds. The number of morpholine rings is 1. The molecule has 1 aromatic heterocycles. The molecular weight excluding hydrogens is 272 g/mol. The summed E-state index contributed by atoms with van der Waals surface area (Å²) in [6.45, 7) is 4.23. The summed E-state index contributed by atoms with van der Waals surface area (Å²) in [6.07, 6.45) is 0. The van der Waals surface area contributed by atoms with E-state index in [4.69, 9.17) is 4.74 Å². The third kappa shape index (κ3) is 3.91. The summed E-state index contributed by atoms with van der Waals surface area (Å²) in [5.74, 6) is 0.217. The van der Waals surface area contributed by atoms with E-state index in [9.17, 15) is 9.59 Å². The maximum Gasteiger partial charge on any atom is 0.248 e. The van der Waals surface area contributed by atoms with Crippen LogP contribution in [0.15, 0.2) is 18.2 Å². The number of anilines is 1. The first kappa shape index (κ1) is 15.2. The molecule has 114 valence electrons. The van der Waals surface area contributed by atoms with Crippen LogP contribution in [-0.4, -0.2) is 50.1 Å². The molecule has 2 rings (SSSR count). The molecule has 1 unspecified atom stereocenters. The standard InChI is InChI=1S/C14H20N4O3/c1-10(19)16-13(14(20)15-2)11-4-3-5-12(17-11)18-6-8-21-9-7-18/h3-5,13H,6-9H2,1-2H3,(H,15,20)(H,16,19). The van der Waals surface area contributed by atoms with Crippen molar-refractivity contribution in [3.8, 4) is 0 Å². The number of amides is 2. The molecule has 0 saturated carbocycles. The SMILES string of the molecule is CNC(=O)C(NC(C)=O)c1cccc(N2CCOCC2)n1. The number of hydrogen-bond acceptors (Lipinski definition) is 5. The van der Waals surface area contributed by atoms with Gasteiger partial charge in [0.1, 0.15) is 5.82 Å². The molecule has 7 nitrogen and oxygen atoms in total. The molecule has 1 aliphatic rings. The molecule has 0 aromatic carbocycles. The van der Waals surface area contributed by atoms with Crippen LogP contribution >= 0.6 is 0 Å². The monoisotopic (exact) mass is 292 g/mol. The lowest BCUT2D eigenvalue weighted by molar-refractivity contribution is -0.128. The van der Waals surface area contributed by atoms with Gasteiger partial charge in [0.15, 0.2) is 6.04 Å². The van der Waals surface area contributed by atoms with Gasteiger partial charge in [0.25, 0.3) is 0 Å². The molecule has 1 atom stereocenters. The first-order valence-electron chi connectivity index (χ1n) is 6.90. The zero-order valence-corrected chi connectivity index (χ0v) is 12.3. The highest BCUT2D eigenvalue weighted by atomic mass is 16.5. The summed E-state index contributed by atoms with van der Waals surface area (Å²) in [7, 11) is 1.53. The molecule has 2 N–H and O–H groups in total. The Balaban J connectivity index is 2.23. The maximum atomic E-state index is 11.9. The molecular formula is C14H20N4O3. The minimum Gasteiger partial charge on any atom is -0.378 e. The molecule has 7 heteroatoms. The van der Waals surface area contributed by atoms with Crippen LogP contribution in [0.2, 0.25) is 0 Å². The summed E-state index contributed by atoms with van der Waals surface area (Å²) in [5, 5.41) is 5.16. The summed E-state index contributed by atoms with van der Waals surface area (Å²) in [5.41, 5.74) is 0.522. The van der Waals surface area contributed by atoms with Crippen LogP contribution < -0.4 is 15.5 Å². The van der Waals surface area contributed by atoms with Gasteiger partial charge >= 0.3 is 0 Å². The first-order chi connectivity index (χ1) is 10.1. The largest absolute Gasteiger partial charge is 0.378 e. The lowest BCUT2D eigenvalue weighted by atomic mass is 10.1. The number of pyridine rings is 1. The van der Waals surface area contributed by atoms with E-state index in [1.807, 2.05) is 12.1 Å². The second-order valence-electron chi connectivity index (χ2n) is 4.77. The Morgan fingerprint density at radius 3 is 2.67 bits per heavy atom. The van der Waals surface area contributed by atoms with Crippen LogP contribution in [0.3, 0.4) is 0 Å². The summed E-state index contributed by atoms with van der Waals surface area (Å²) in [6, 6.07) is 4.68. The zero-order chi connectivity index (χ0) is 15.2. The predicted molar refractivity (Wildman–Crippen MR) is 77.9 cm³/mol. The van der Waals surface area contributed by atoms with Crippen molar-refractivity contribution >= 4 is 17.6 Å². The Morgan fingerprint density at radius 2 is 2.05 bits per heavy atom. The third-order valence-electron chi connectivity index (χ3n) is 3.24. The van der Waals surface area contributed by atoms with Crippen molar-refractivity contribution in [1.82, 2.24) is 15.6 Å². The van der Waals surface area contributed by atoms with Crippen molar-refractivity contribution in [2.24, 2.45) is 0 Å². The predicted octanol–water partition coefficient (Wildman–Crippen LogP) is -0.159. The van der Waals surface area contributed by atoms with E-state index >= 15 is 0 Å². The lowest BCUT2D eigenvalue weighted by Gasteiger charge is -2.28. The Hall–Kier alpha value is -2.15. The fraction of sp³-hybridized carbons (Fsp3) is 0.500. The fourth-order valence-corrected chi connectivity index (χ4v) is 2.19. The van der Waals surface area contributed by atoms with Gasteiger partial charge in [-0.1, -0.05) is 6.07 Å². The van der Waals surface area contributed by atoms with Crippen LogP contribution in [0.1, 0.15) is 18.7 Å². The van der Waals surface area contributed by atoms with E-state index in [2.05, 4.69) is 20.5 Å². The maximum absolute atomic E-state index is 11.9. The van der Waals surface area contributed by atoms with Crippen LogP contribution in [0.25, 0.3) is 0 Å². The van der Waals surface area contributed by atoms with E-state index < -0.39 is 6.04 Å². The summed E-state index contributed by atoms with van der Waals surface area (Å²) in [4.78, 5) is 29.8. The number of carbonyl (C=O) groups excluding carboxylic acids is 2. The topological polar surface area (TPSA) is 83.6 Å². The van der Waals surface area contributed by atoms with E-state index in [1.165, 1.54) is 14.0 Å². The number of rotatable bonds is 4. The lowest BCUT2D eigenvalue weighted by Crippen LogP contribution is -2.39. The van der Waals surface area contributed by atoms with Crippen LogP contribution in [0.5, 0.6) is 0 Å². The van der Waals surface area contributed by atoms with Crippen molar-refractivity contribution in [1.29, 1.82) is 0 Å². The Labute approximate surface area is 123 Å². The highest BCUT2D eigenvalue weighted by Crippen LogP contribution is 2.17. The van der Waals surface area contributed by atoms with Crippen LogP contribution in [0, 0.1) is 0 Å². The normalized spacial score (nSPS) is 16.2. The number of likely N-dealkylation sites (N-methyl/N-ethyl adjacent to an activating group) is 1. The van der Waals surface area contributed by atoms with Gasteiger partial charge in [-0.15, -0.1) is 0 Å². The van der Waals surface area contributed by atoms with Gasteiger partial charge in [0.2, 0.25) is 11.8 Å². The molecule has 1 saturated heterocycles. The van der Waals surface area contributed by atoms with Gasteiger partial charge in [0.05, 0.1) is 18.9 Å². The molecule has 0 radical (unpaired) electrons. The second kappa shape index (κ2) is 7.03. The molecule has 0 spiro atoms. The average molecular weight is 292 g/mol. The molecule has 0 aliphatic carbocycles. The molecule has 1 aromatic rings. The molecule has 1 aliphatic heterocycles. The van der Waals surface area contributed by atoms with Gasteiger partial charge < -0.3 is 20.3 Å². The van der Waals surface area contributed by atoms with E-state index in [0.717, 1.165) is 18.9 Å². The minimum atomic E-state index is -0.784. The van der Waals surface area contributed by atoms with E-state index in [1.54, 1.807) is 6.07 Å². The summed E-state index contributed by atoms with van der Waals surface area (Å²) >= 11 is 0. The van der Waals surface area contributed by atoms with E-state index in [0.29, 0.717) is 18.9 Å². The highest BCUT2D eigenvalue weighted by molar-refractivity contribution is 5.87. The Bertz CT molecular complexity index is 515. The van der Waals surface area contributed by atoms with Crippen molar-refractivity contribution < 1.29 is 14.3 Å².